The van der Waals surface area contributed by atoms with Gasteiger partial charge in [0.05, 0.1) is 11.8 Å². The number of halogens is 1. The van der Waals surface area contributed by atoms with Gasteiger partial charge in [0.15, 0.2) is 0 Å². The van der Waals surface area contributed by atoms with Gasteiger partial charge in [-0.1, -0.05) is 33.8 Å². The van der Waals surface area contributed by atoms with E-state index in [1.165, 1.54) is 5.69 Å². The van der Waals surface area contributed by atoms with Crippen molar-refractivity contribution >= 4 is 21.6 Å². The lowest BCUT2D eigenvalue weighted by Gasteiger charge is -2.35. The third-order valence-corrected chi connectivity index (χ3v) is 4.34. The average molecular weight is 342 g/mol. The summed E-state index contributed by atoms with van der Waals surface area (Å²) in [6.45, 7) is 11.9. The zero-order chi connectivity index (χ0) is 15.3. The molecule has 0 aliphatic rings. The van der Waals surface area contributed by atoms with Crippen LogP contribution in [0.1, 0.15) is 59.1 Å². The summed E-state index contributed by atoms with van der Waals surface area (Å²) < 4.78 is 1.07. The van der Waals surface area contributed by atoms with Gasteiger partial charge in [0.1, 0.15) is 0 Å². The average Bonchev–Trinajstić information content (AvgIpc) is 2.38. The van der Waals surface area contributed by atoms with Crippen LogP contribution in [0.2, 0.25) is 0 Å². The van der Waals surface area contributed by atoms with Gasteiger partial charge in [-0.25, -0.2) is 0 Å². The molecule has 1 aromatic carbocycles. The molecule has 0 aliphatic heterocycles. The molecular formula is C17H28BrNO. The van der Waals surface area contributed by atoms with Crippen molar-refractivity contribution in [2.24, 2.45) is 5.92 Å². The second kappa shape index (κ2) is 8.04. The third-order valence-electron chi connectivity index (χ3n) is 3.71. The number of hydrogen-bond acceptors (Lipinski definition) is 2. The van der Waals surface area contributed by atoms with E-state index in [-0.39, 0.29) is 0 Å². The minimum absolute atomic E-state index is 0.424. The molecule has 0 saturated heterocycles. The predicted molar refractivity (Wildman–Crippen MR) is 91.3 cm³/mol. The van der Waals surface area contributed by atoms with Gasteiger partial charge in [0.25, 0.3) is 0 Å². The summed E-state index contributed by atoms with van der Waals surface area (Å²) in [7, 11) is 0. The molecule has 114 valence electrons. The molecule has 0 heterocycles. The van der Waals surface area contributed by atoms with Crippen LogP contribution in [0.3, 0.4) is 0 Å². The zero-order valence-corrected chi connectivity index (χ0v) is 14.9. The van der Waals surface area contributed by atoms with Crippen LogP contribution in [0, 0.1) is 5.92 Å². The van der Waals surface area contributed by atoms with Gasteiger partial charge in [-0.05, 0) is 59.3 Å². The minimum atomic E-state index is -0.424. The highest BCUT2D eigenvalue weighted by molar-refractivity contribution is 9.10. The molecule has 0 saturated carbocycles. The molecule has 0 amide bonds. The first-order valence-electron chi connectivity index (χ1n) is 7.64. The summed E-state index contributed by atoms with van der Waals surface area (Å²) in [6, 6.07) is 6.76. The van der Waals surface area contributed by atoms with Crippen LogP contribution in [-0.4, -0.2) is 17.7 Å². The molecule has 0 fully saturated rings. The van der Waals surface area contributed by atoms with E-state index in [2.05, 4.69) is 54.6 Å². The predicted octanol–water partition coefficient (Wildman–Crippen LogP) is 5.15. The number of nitrogens with zero attached hydrogens (tertiary/aromatic N) is 1. The third kappa shape index (κ3) is 4.49. The van der Waals surface area contributed by atoms with E-state index in [9.17, 15) is 5.11 Å². The number of hydrogen-bond donors (Lipinski definition) is 1. The summed E-state index contributed by atoms with van der Waals surface area (Å²) in [5.74, 6) is 0.624. The van der Waals surface area contributed by atoms with Gasteiger partial charge in [-0.3, -0.25) is 0 Å². The van der Waals surface area contributed by atoms with Crippen LogP contribution in [0.5, 0.6) is 0 Å². The Labute approximate surface area is 132 Å². The molecule has 3 heteroatoms. The van der Waals surface area contributed by atoms with Crippen LogP contribution in [0.25, 0.3) is 0 Å². The Kier molecular flexibility index (Phi) is 7.04. The molecule has 0 bridgehead atoms. The molecule has 1 N–H and O–H groups in total. The van der Waals surface area contributed by atoms with Gasteiger partial charge in [-0.2, -0.15) is 0 Å². The lowest BCUT2D eigenvalue weighted by molar-refractivity contribution is 0.199. The lowest BCUT2D eigenvalue weighted by Crippen LogP contribution is -2.37. The van der Waals surface area contributed by atoms with E-state index in [1.807, 2.05) is 12.1 Å². The fraction of sp³-hybridized carbons (Fsp3) is 0.647. The lowest BCUT2D eigenvalue weighted by atomic mass is 10.0. The Morgan fingerprint density at radius 1 is 1.15 bits per heavy atom. The maximum atomic E-state index is 9.69. The number of benzene rings is 1. The molecule has 1 atom stereocenters. The SMILES string of the molecule is CCC(CC)N(CC(C)C)c1ccc([C@@H](C)O)cc1Br. The quantitative estimate of drug-likeness (QED) is 0.740. The maximum absolute atomic E-state index is 9.69. The summed E-state index contributed by atoms with van der Waals surface area (Å²) in [5, 5.41) is 9.69. The van der Waals surface area contributed by atoms with Gasteiger partial charge < -0.3 is 10.0 Å². The summed E-state index contributed by atoms with van der Waals surface area (Å²) >= 11 is 3.68. The molecule has 0 aromatic heterocycles. The molecular weight excluding hydrogens is 314 g/mol. The number of aliphatic hydroxyl groups is 1. The largest absolute Gasteiger partial charge is 0.389 e. The standard InChI is InChI=1S/C17H28BrNO/c1-6-15(7-2)19(11-12(3)4)17-9-8-14(13(5)20)10-16(17)18/h8-10,12-13,15,20H,6-7,11H2,1-5H3/t13-/m1/s1. The van der Waals surface area contributed by atoms with Crippen molar-refractivity contribution in [3.05, 3.63) is 28.2 Å². The Balaban J connectivity index is 3.13. The van der Waals surface area contributed by atoms with Crippen molar-refractivity contribution < 1.29 is 5.11 Å². The monoisotopic (exact) mass is 341 g/mol. The van der Waals surface area contributed by atoms with E-state index in [0.29, 0.717) is 12.0 Å². The van der Waals surface area contributed by atoms with Gasteiger partial charge >= 0.3 is 0 Å². The van der Waals surface area contributed by atoms with Crippen molar-refractivity contribution in [2.75, 3.05) is 11.4 Å². The highest BCUT2D eigenvalue weighted by Gasteiger charge is 2.19. The van der Waals surface area contributed by atoms with Crippen molar-refractivity contribution in [1.82, 2.24) is 0 Å². The molecule has 0 aliphatic carbocycles. The first-order valence-corrected chi connectivity index (χ1v) is 8.44. The first-order chi connectivity index (χ1) is 9.40. The maximum Gasteiger partial charge on any atom is 0.0762 e. The molecule has 20 heavy (non-hydrogen) atoms. The first kappa shape index (κ1) is 17.5. The summed E-state index contributed by atoms with van der Waals surface area (Å²) in [4.78, 5) is 2.50. The summed E-state index contributed by atoms with van der Waals surface area (Å²) in [5.41, 5.74) is 2.19. The minimum Gasteiger partial charge on any atom is -0.389 e. The van der Waals surface area contributed by atoms with Crippen molar-refractivity contribution in [3.63, 3.8) is 0 Å². The normalized spacial score (nSPS) is 13.1. The fourth-order valence-electron chi connectivity index (χ4n) is 2.58. The van der Waals surface area contributed by atoms with Crippen LogP contribution in [-0.2, 0) is 0 Å². The van der Waals surface area contributed by atoms with Crippen molar-refractivity contribution in [1.29, 1.82) is 0 Å². The van der Waals surface area contributed by atoms with E-state index < -0.39 is 6.10 Å². The molecule has 0 unspecified atom stereocenters. The van der Waals surface area contributed by atoms with Crippen LogP contribution >= 0.6 is 15.9 Å². The Bertz CT molecular complexity index is 413. The Hall–Kier alpha value is -0.540. The van der Waals surface area contributed by atoms with Gasteiger partial charge in [0, 0.05) is 17.1 Å². The van der Waals surface area contributed by atoms with Crippen LogP contribution in [0.15, 0.2) is 22.7 Å². The van der Waals surface area contributed by atoms with E-state index in [0.717, 1.165) is 29.4 Å². The number of aliphatic hydroxyl groups excluding tert-OH is 1. The fourth-order valence-corrected chi connectivity index (χ4v) is 3.21. The van der Waals surface area contributed by atoms with Crippen molar-refractivity contribution in [2.45, 2.75) is 59.6 Å². The molecule has 1 rings (SSSR count). The van der Waals surface area contributed by atoms with Crippen LogP contribution < -0.4 is 4.90 Å². The van der Waals surface area contributed by atoms with E-state index >= 15 is 0 Å². The highest BCUT2D eigenvalue weighted by atomic mass is 79.9. The zero-order valence-electron chi connectivity index (χ0n) is 13.4. The Morgan fingerprint density at radius 2 is 1.75 bits per heavy atom. The highest BCUT2D eigenvalue weighted by Crippen LogP contribution is 2.32. The Morgan fingerprint density at radius 3 is 2.15 bits per heavy atom. The number of rotatable bonds is 7. The molecule has 0 spiro atoms. The van der Waals surface area contributed by atoms with Crippen molar-refractivity contribution in [3.8, 4) is 0 Å². The molecule has 2 nitrogen and oxygen atoms in total. The van der Waals surface area contributed by atoms with Crippen LogP contribution in [0.4, 0.5) is 5.69 Å². The van der Waals surface area contributed by atoms with E-state index in [1.54, 1.807) is 6.92 Å². The smallest absolute Gasteiger partial charge is 0.0762 e. The van der Waals surface area contributed by atoms with E-state index in [4.69, 9.17) is 0 Å². The molecule has 1 aromatic rings. The summed E-state index contributed by atoms with van der Waals surface area (Å²) in [6.07, 6.45) is 1.87. The molecule has 0 radical (unpaired) electrons. The second-order valence-corrected chi connectivity index (χ2v) is 6.76. The topological polar surface area (TPSA) is 23.5 Å². The van der Waals surface area contributed by atoms with Gasteiger partial charge in [-0.15, -0.1) is 0 Å². The number of anilines is 1. The second-order valence-electron chi connectivity index (χ2n) is 5.90. The van der Waals surface area contributed by atoms with Gasteiger partial charge in [0.2, 0.25) is 0 Å².